The van der Waals surface area contributed by atoms with Crippen molar-refractivity contribution in [3.8, 4) is 0 Å². The largest absolute Gasteiger partial charge is 0.481 e. The van der Waals surface area contributed by atoms with Crippen LogP contribution in [0, 0.1) is 11.7 Å². The second-order valence-electron chi connectivity index (χ2n) is 4.66. The molecule has 0 radical (unpaired) electrons. The number of carbonyl (C=O) groups is 2. The first-order valence-corrected chi connectivity index (χ1v) is 6.96. The first kappa shape index (κ1) is 14.8. The minimum Gasteiger partial charge on any atom is -0.481 e. The third-order valence-corrected chi connectivity index (χ3v) is 4.01. The van der Waals surface area contributed by atoms with E-state index in [4.69, 9.17) is 5.11 Å². The molecule has 1 aliphatic rings. The van der Waals surface area contributed by atoms with Gasteiger partial charge in [-0.3, -0.25) is 4.79 Å². The van der Waals surface area contributed by atoms with Crippen LogP contribution in [0.25, 0.3) is 0 Å². The van der Waals surface area contributed by atoms with Crippen LogP contribution in [-0.4, -0.2) is 35.1 Å². The molecule has 7 heteroatoms. The Morgan fingerprint density at radius 1 is 1.50 bits per heavy atom. The molecule has 5 nitrogen and oxygen atoms in total. The molecule has 1 aromatic carbocycles. The number of hydrogen-bond donors (Lipinski definition) is 2. The number of rotatable bonds is 3. The number of hydrogen-bond acceptors (Lipinski definition) is 2. The molecule has 2 amide bonds. The van der Waals surface area contributed by atoms with Crippen LogP contribution in [0.5, 0.6) is 0 Å². The van der Waals surface area contributed by atoms with E-state index in [0.29, 0.717) is 17.4 Å². The first-order valence-electron chi connectivity index (χ1n) is 6.17. The minimum atomic E-state index is -0.874. The second-order valence-corrected chi connectivity index (χ2v) is 5.52. The van der Waals surface area contributed by atoms with Crippen molar-refractivity contribution in [2.75, 3.05) is 13.1 Å². The predicted molar refractivity (Wildman–Crippen MR) is 73.7 cm³/mol. The standard InChI is InChI=1S/C13H14BrFN2O3/c14-11-5-10(15)2-1-8(11)6-16-13(20)17-4-3-9(7-17)12(18)19/h1-2,5,9H,3-4,6-7H2,(H,16,20)(H,18,19). The van der Waals surface area contributed by atoms with Gasteiger partial charge in [0.05, 0.1) is 5.92 Å². The summed E-state index contributed by atoms with van der Waals surface area (Å²) >= 11 is 3.23. The van der Waals surface area contributed by atoms with Crippen LogP contribution in [0.4, 0.5) is 9.18 Å². The Hall–Kier alpha value is -1.63. The molecule has 0 spiro atoms. The topological polar surface area (TPSA) is 69.6 Å². The number of urea groups is 1. The van der Waals surface area contributed by atoms with Gasteiger partial charge < -0.3 is 15.3 Å². The molecule has 20 heavy (non-hydrogen) atoms. The maximum atomic E-state index is 12.9. The fraction of sp³-hybridized carbons (Fsp3) is 0.385. The van der Waals surface area contributed by atoms with Gasteiger partial charge in [-0.15, -0.1) is 0 Å². The van der Waals surface area contributed by atoms with Crippen molar-refractivity contribution in [1.82, 2.24) is 10.2 Å². The van der Waals surface area contributed by atoms with Gasteiger partial charge in [0.15, 0.2) is 0 Å². The molecule has 1 saturated heterocycles. The van der Waals surface area contributed by atoms with Gasteiger partial charge in [-0.05, 0) is 24.1 Å². The van der Waals surface area contributed by atoms with Crippen molar-refractivity contribution in [1.29, 1.82) is 0 Å². The van der Waals surface area contributed by atoms with E-state index >= 15 is 0 Å². The number of halogens is 2. The summed E-state index contributed by atoms with van der Waals surface area (Å²) in [6.45, 7) is 0.924. The maximum absolute atomic E-state index is 12.9. The second kappa shape index (κ2) is 6.21. The molecular weight excluding hydrogens is 331 g/mol. The zero-order chi connectivity index (χ0) is 14.7. The molecule has 1 heterocycles. The van der Waals surface area contributed by atoms with Gasteiger partial charge in [0.2, 0.25) is 0 Å². The van der Waals surface area contributed by atoms with Gasteiger partial charge in [0.25, 0.3) is 0 Å². The summed E-state index contributed by atoms with van der Waals surface area (Å²) in [4.78, 5) is 24.2. The van der Waals surface area contributed by atoms with Crippen LogP contribution in [0.2, 0.25) is 0 Å². The molecule has 1 aliphatic heterocycles. The van der Waals surface area contributed by atoms with Crippen LogP contribution in [0.3, 0.4) is 0 Å². The summed E-state index contributed by atoms with van der Waals surface area (Å²) in [7, 11) is 0. The van der Waals surface area contributed by atoms with E-state index in [1.54, 1.807) is 6.07 Å². The van der Waals surface area contributed by atoms with Crippen LogP contribution in [0.1, 0.15) is 12.0 Å². The highest BCUT2D eigenvalue weighted by Gasteiger charge is 2.30. The van der Waals surface area contributed by atoms with Gasteiger partial charge in [-0.2, -0.15) is 0 Å². The van der Waals surface area contributed by atoms with Gasteiger partial charge in [-0.25, -0.2) is 9.18 Å². The Kier molecular flexibility index (Phi) is 4.59. The van der Waals surface area contributed by atoms with Crippen molar-refractivity contribution in [2.45, 2.75) is 13.0 Å². The molecule has 0 aromatic heterocycles. The fourth-order valence-corrected chi connectivity index (χ4v) is 2.59. The summed E-state index contributed by atoms with van der Waals surface area (Å²) in [5, 5.41) is 11.6. The molecule has 1 atom stereocenters. The average Bonchev–Trinajstić information content (AvgIpc) is 2.87. The number of likely N-dealkylation sites (tertiary alicyclic amines) is 1. The SMILES string of the molecule is O=C(O)C1CCN(C(=O)NCc2ccc(F)cc2Br)C1. The van der Waals surface area contributed by atoms with Crippen LogP contribution >= 0.6 is 15.9 Å². The highest BCUT2D eigenvalue weighted by atomic mass is 79.9. The lowest BCUT2D eigenvalue weighted by molar-refractivity contribution is -0.141. The molecule has 1 aromatic rings. The van der Waals surface area contributed by atoms with E-state index in [1.165, 1.54) is 17.0 Å². The molecular formula is C13H14BrFN2O3. The number of benzene rings is 1. The maximum Gasteiger partial charge on any atom is 0.317 e. The molecule has 0 aliphatic carbocycles. The zero-order valence-electron chi connectivity index (χ0n) is 10.6. The normalized spacial score (nSPS) is 18.1. The van der Waals surface area contributed by atoms with Gasteiger partial charge in [0.1, 0.15) is 5.82 Å². The molecule has 1 fully saturated rings. The lowest BCUT2D eigenvalue weighted by atomic mass is 10.1. The zero-order valence-corrected chi connectivity index (χ0v) is 12.2. The van der Waals surface area contributed by atoms with E-state index in [-0.39, 0.29) is 24.9 Å². The third kappa shape index (κ3) is 3.47. The average molecular weight is 345 g/mol. The van der Waals surface area contributed by atoms with E-state index in [2.05, 4.69) is 21.2 Å². The Morgan fingerprint density at radius 3 is 2.85 bits per heavy atom. The summed E-state index contributed by atoms with van der Waals surface area (Å²) in [6.07, 6.45) is 0.475. The molecule has 2 rings (SSSR count). The van der Waals surface area contributed by atoms with Crippen molar-refractivity contribution in [3.05, 3.63) is 34.1 Å². The summed E-state index contributed by atoms with van der Waals surface area (Å²) in [6, 6.07) is 3.94. The molecule has 2 N–H and O–H groups in total. The lowest BCUT2D eigenvalue weighted by Gasteiger charge is -2.17. The molecule has 1 unspecified atom stereocenters. The van der Waals surface area contributed by atoms with Crippen LogP contribution in [-0.2, 0) is 11.3 Å². The highest BCUT2D eigenvalue weighted by Crippen LogP contribution is 2.19. The predicted octanol–water partition coefficient (Wildman–Crippen LogP) is 2.20. The number of nitrogens with zero attached hydrogens (tertiary/aromatic N) is 1. The van der Waals surface area contributed by atoms with Crippen molar-refractivity contribution >= 4 is 27.9 Å². The van der Waals surface area contributed by atoms with Gasteiger partial charge >= 0.3 is 12.0 Å². The number of amides is 2. The number of nitrogens with one attached hydrogen (secondary N) is 1. The van der Waals surface area contributed by atoms with E-state index in [1.807, 2.05) is 0 Å². The Bertz CT molecular complexity index is 538. The molecule has 0 bridgehead atoms. The highest BCUT2D eigenvalue weighted by molar-refractivity contribution is 9.10. The van der Waals surface area contributed by atoms with Crippen LogP contribution < -0.4 is 5.32 Å². The number of carboxylic acids is 1. The van der Waals surface area contributed by atoms with Crippen molar-refractivity contribution in [3.63, 3.8) is 0 Å². The fourth-order valence-electron chi connectivity index (χ4n) is 2.09. The van der Waals surface area contributed by atoms with Gasteiger partial charge in [0, 0.05) is 24.1 Å². The van der Waals surface area contributed by atoms with E-state index in [9.17, 15) is 14.0 Å². The minimum absolute atomic E-state index is 0.228. The number of carboxylic acid groups (broad SMARTS) is 1. The van der Waals surface area contributed by atoms with Crippen molar-refractivity contribution in [2.24, 2.45) is 5.92 Å². The summed E-state index contributed by atoms with van der Waals surface area (Å²) < 4.78 is 13.5. The van der Waals surface area contributed by atoms with Crippen molar-refractivity contribution < 1.29 is 19.1 Å². The Labute approximate surface area is 123 Å². The van der Waals surface area contributed by atoms with E-state index in [0.717, 1.165) is 5.56 Å². The third-order valence-electron chi connectivity index (χ3n) is 3.27. The number of carbonyl (C=O) groups excluding carboxylic acids is 1. The Morgan fingerprint density at radius 2 is 2.25 bits per heavy atom. The van der Waals surface area contributed by atoms with Crippen LogP contribution in [0.15, 0.2) is 22.7 Å². The summed E-state index contributed by atoms with van der Waals surface area (Å²) in [5.41, 5.74) is 0.758. The Balaban J connectivity index is 1.88. The molecule has 108 valence electrons. The molecule has 0 saturated carbocycles. The quantitative estimate of drug-likeness (QED) is 0.883. The smallest absolute Gasteiger partial charge is 0.317 e. The lowest BCUT2D eigenvalue weighted by Crippen LogP contribution is -2.38. The first-order chi connectivity index (χ1) is 9.47. The summed E-state index contributed by atoms with van der Waals surface area (Å²) in [5.74, 6) is -1.71. The number of aliphatic carboxylic acids is 1. The van der Waals surface area contributed by atoms with E-state index < -0.39 is 11.9 Å². The van der Waals surface area contributed by atoms with Gasteiger partial charge in [-0.1, -0.05) is 22.0 Å². The monoisotopic (exact) mass is 344 g/mol.